The Morgan fingerprint density at radius 3 is 1.65 bits per heavy atom. The molecular weight excluding hydrogens is 284 g/mol. The molecule has 0 aromatic carbocycles. The smallest absolute Gasteiger partial charge is 0.480 e. The van der Waals surface area contributed by atoms with Gasteiger partial charge >= 0.3 is 27.7 Å². The summed E-state index contributed by atoms with van der Waals surface area (Å²) in [5, 5.41) is 8.18. The Kier molecular flexibility index (Phi) is 3.77. The van der Waals surface area contributed by atoms with Gasteiger partial charge in [0.1, 0.15) is 0 Å². The Hall–Kier alpha value is -1.04. The molecule has 0 saturated heterocycles. The molecule has 0 aliphatic carbocycles. The molecule has 17 heavy (non-hydrogen) atoms. The number of nitrogens with one attached hydrogen (secondary N) is 1. The highest BCUT2D eigenvalue weighted by Crippen LogP contribution is 2.33. The van der Waals surface area contributed by atoms with Crippen LogP contribution in [0.3, 0.4) is 0 Å². The van der Waals surface area contributed by atoms with Crippen LogP contribution in [-0.4, -0.2) is 36.7 Å². The number of rotatable bonds is 3. The third kappa shape index (κ3) is 3.00. The van der Waals surface area contributed by atoms with E-state index >= 15 is 0 Å². The topological polar surface area (TPSA) is 83.5 Å². The fourth-order valence-corrected chi connectivity index (χ4v) is 1.41. The number of hydrogen-bond acceptors (Lipinski definition) is 3. The van der Waals surface area contributed by atoms with Crippen molar-refractivity contribution in [3.63, 3.8) is 0 Å². The van der Waals surface area contributed by atoms with Gasteiger partial charge in [0.05, 0.1) is 0 Å². The van der Waals surface area contributed by atoms with Gasteiger partial charge in [-0.05, 0) is 6.92 Å². The van der Waals surface area contributed by atoms with Crippen LogP contribution in [0.25, 0.3) is 0 Å². The molecule has 1 atom stereocenters. The van der Waals surface area contributed by atoms with Crippen molar-refractivity contribution in [1.29, 1.82) is 0 Å². The van der Waals surface area contributed by atoms with Gasteiger partial charge in [-0.25, -0.2) is 13.2 Å². The van der Waals surface area contributed by atoms with Gasteiger partial charge in [-0.15, -0.1) is 0 Å². The lowest BCUT2D eigenvalue weighted by Crippen LogP contribution is -2.63. The van der Waals surface area contributed by atoms with Crippen molar-refractivity contribution in [2.45, 2.75) is 24.1 Å². The highest BCUT2D eigenvalue weighted by atomic mass is 32.2. The summed E-state index contributed by atoms with van der Waals surface area (Å²) >= 11 is 0. The second-order valence-electron chi connectivity index (χ2n) is 2.98. The van der Waals surface area contributed by atoms with Crippen molar-refractivity contribution < 1.29 is 44.7 Å². The van der Waals surface area contributed by atoms with Crippen LogP contribution in [0.1, 0.15) is 6.92 Å². The van der Waals surface area contributed by atoms with Gasteiger partial charge in [-0.3, -0.25) is 0 Å². The van der Waals surface area contributed by atoms with Crippen molar-refractivity contribution in [3.05, 3.63) is 0 Å². The van der Waals surface area contributed by atoms with Crippen molar-refractivity contribution >= 4 is 16.0 Å². The van der Waals surface area contributed by atoms with Crippen LogP contribution in [0.4, 0.5) is 26.3 Å². The Bertz CT molecular complexity index is 411. The van der Waals surface area contributed by atoms with Crippen LogP contribution < -0.4 is 4.72 Å². The standard InChI is InChI=1S/C5H5F6NO4S/c1-3(2(13)14,4(6,7)8)12-17(15,16)5(9,10)11/h12H,1H3,(H,13,14). The number of alkyl halides is 6. The van der Waals surface area contributed by atoms with Crippen LogP contribution in [0.5, 0.6) is 0 Å². The van der Waals surface area contributed by atoms with E-state index in [9.17, 15) is 39.6 Å². The third-order valence-electron chi connectivity index (χ3n) is 1.64. The monoisotopic (exact) mass is 289 g/mol. The van der Waals surface area contributed by atoms with Crippen LogP contribution in [0.15, 0.2) is 0 Å². The fraction of sp³-hybridized carbons (Fsp3) is 0.800. The molecule has 1 unspecified atom stereocenters. The predicted octanol–water partition coefficient (Wildman–Crippen LogP) is 0.831. The van der Waals surface area contributed by atoms with Crippen LogP contribution in [0, 0.1) is 0 Å². The van der Waals surface area contributed by atoms with Crippen LogP contribution in [-0.2, 0) is 14.8 Å². The second-order valence-corrected chi connectivity index (χ2v) is 4.65. The van der Waals surface area contributed by atoms with E-state index in [-0.39, 0.29) is 11.6 Å². The SMILES string of the molecule is CC(NS(=O)(=O)C(F)(F)F)(C(=O)O)C(F)(F)F. The second kappa shape index (κ2) is 4.01. The van der Waals surface area contributed by atoms with E-state index in [1.54, 1.807) is 0 Å². The van der Waals surface area contributed by atoms with E-state index in [1.165, 1.54) is 0 Å². The molecule has 0 radical (unpaired) electrons. The predicted molar refractivity (Wildman–Crippen MR) is 40.2 cm³/mol. The summed E-state index contributed by atoms with van der Waals surface area (Å²) in [5.41, 5.74) is -10.3. The maximum absolute atomic E-state index is 12.2. The number of carboxylic acids is 1. The summed E-state index contributed by atoms with van der Waals surface area (Å²) in [7, 11) is -6.43. The van der Waals surface area contributed by atoms with E-state index in [1.807, 2.05) is 0 Å². The lowest BCUT2D eigenvalue weighted by atomic mass is 10.0. The maximum atomic E-state index is 12.2. The molecule has 0 spiro atoms. The first kappa shape index (κ1) is 16.0. The molecule has 0 aliphatic heterocycles. The molecule has 0 rings (SSSR count). The fourth-order valence-electron chi connectivity index (χ4n) is 0.549. The zero-order valence-corrected chi connectivity index (χ0v) is 8.66. The molecule has 0 aromatic rings. The maximum Gasteiger partial charge on any atom is 0.511 e. The van der Waals surface area contributed by atoms with Crippen molar-refractivity contribution in [2.75, 3.05) is 0 Å². The molecule has 2 N–H and O–H groups in total. The van der Waals surface area contributed by atoms with Gasteiger partial charge in [0.15, 0.2) is 0 Å². The zero-order chi connectivity index (χ0) is 14.3. The Morgan fingerprint density at radius 1 is 1.12 bits per heavy atom. The highest BCUT2D eigenvalue weighted by molar-refractivity contribution is 7.90. The molecule has 12 heteroatoms. The summed E-state index contributed by atoms with van der Waals surface area (Å²) in [6.07, 6.45) is -5.74. The number of halogens is 6. The van der Waals surface area contributed by atoms with Crippen LogP contribution in [0.2, 0.25) is 0 Å². The molecule has 0 aliphatic rings. The lowest BCUT2D eigenvalue weighted by molar-refractivity contribution is -0.202. The van der Waals surface area contributed by atoms with E-state index in [2.05, 4.69) is 0 Å². The summed E-state index contributed by atoms with van der Waals surface area (Å²) in [5.74, 6) is -2.81. The average molecular weight is 289 g/mol. The molecule has 0 saturated carbocycles. The Labute approximate surface area is 90.5 Å². The van der Waals surface area contributed by atoms with Crippen LogP contribution >= 0.6 is 0 Å². The molecule has 5 nitrogen and oxygen atoms in total. The zero-order valence-electron chi connectivity index (χ0n) is 7.85. The molecule has 0 aromatic heterocycles. The molecule has 0 bridgehead atoms. The average Bonchev–Trinajstić information content (AvgIpc) is 1.98. The van der Waals surface area contributed by atoms with E-state index in [0.29, 0.717) is 0 Å². The number of hydrogen-bond donors (Lipinski definition) is 2. The summed E-state index contributed by atoms with van der Waals surface area (Å²) < 4.78 is 92.9. The highest BCUT2D eigenvalue weighted by Gasteiger charge is 2.63. The van der Waals surface area contributed by atoms with E-state index in [0.717, 1.165) is 0 Å². The van der Waals surface area contributed by atoms with Gasteiger partial charge in [0.25, 0.3) is 0 Å². The minimum atomic E-state index is -6.43. The first-order valence-electron chi connectivity index (χ1n) is 3.55. The Morgan fingerprint density at radius 2 is 1.47 bits per heavy atom. The quantitative estimate of drug-likeness (QED) is 0.754. The van der Waals surface area contributed by atoms with Gasteiger partial charge in [-0.1, -0.05) is 0 Å². The molecule has 0 heterocycles. The number of carboxylic acid groups (broad SMARTS) is 1. The molecular formula is C5H5F6NO4S. The third-order valence-corrected chi connectivity index (χ3v) is 2.92. The van der Waals surface area contributed by atoms with Crippen molar-refractivity contribution in [2.24, 2.45) is 0 Å². The van der Waals surface area contributed by atoms with Gasteiger partial charge < -0.3 is 5.11 Å². The summed E-state index contributed by atoms with van der Waals surface area (Å²) in [6, 6.07) is 0. The van der Waals surface area contributed by atoms with Gasteiger partial charge in [0, 0.05) is 0 Å². The number of carbonyl (C=O) groups is 1. The summed E-state index contributed by atoms with van der Waals surface area (Å²) in [6.45, 7) is -0.237. The Balaban J connectivity index is 5.56. The first-order valence-corrected chi connectivity index (χ1v) is 5.04. The van der Waals surface area contributed by atoms with Gasteiger partial charge in [0.2, 0.25) is 5.54 Å². The largest absolute Gasteiger partial charge is 0.511 e. The number of sulfonamides is 1. The normalized spacial score (nSPS) is 17.6. The van der Waals surface area contributed by atoms with Crippen molar-refractivity contribution in [1.82, 2.24) is 4.72 Å². The minimum absolute atomic E-state index is 0.0718. The number of aliphatic carboxylic acids is 1. The molecule has 0 fully saturated rings. The lowest BCUT2D eigenvalue weighted by Gasteiger charge is -2.28. The van der Waals surface area contributed by atoms with Crippen molar-refractivity contribution in [3.8, 4) is 0 Å². The van der Waals surface area contributed by atoms with Gasteiger partial charge in [-0.2, -0.15) is 31.1 Å². The minimum Gasteiger partial charge on any atom is -0.480 e. The first-order chi connectivity index (χ1) is 7.15. The van der Waals surface area contributed by atoms with E-state index in [4.69, 9.17) is 5.11 Å². The molecule has 0 amide bonds. The van der Waals surface area contributed by atoms with E-state index < -0.39 is 33.2 Å². The summed E-state index contributed by atoms with van der Waals surface area (Å²) in [4.78, 5) is 10.3. The molecule has 102 valence electrons.